The number of pyridine rings is 2. The molecule has 174 valence electrons. The Morgan fingerprint density at radius 2 is 1.79 bits per heavy atom. The van der Waals surface area contributed by atoms with Crippen molar-refractivity contribution in [1.82, 2.24) is 25.1 Å². The Bertz CT molecular complexity index is 1200. The average Bonchev–Trinajstić information content (AvgIpc) is 3.15. The molecule has 0 fully saturated rings. The highest BCUT2D eigenvalue weighted by Crippen LogP contribution is 2.34. The average molecular weight is 469 g/mol. The largest absolute Gasteiger partial charge is 0.435 e. The first-order valence-corrected chi connectivity index (χ1v) is 9.89. The number of carbonyl (C=O) groups is 1. The second kappa shape index (κ2) is 8.16. The molecular formula is C21H17F6N5O. The Balaban J connectivity index is 1.58. The lowest BCUT2D eigenvalue weighted by molar-refractivity contribution is -0.142. The Morgan fingerprint density at radius 3 is 2.45 bits per heavy atom. The van der Waals surface area contributed by atoms with Crippen molar-refractivity contribution in [3.05, 3.63) is 64.9 Å². The summed E-state index contributed by atoms with van der Waals surface area (Å²) in [6.07, 6.45) is -6.47. The number of halogens is 6. The standard InChI is InChI=1S/C21H17F6N5O/c1-32-16(10-18(31-32)21(25,26)27)19(33)30-15-4-2-3-14-12(15)5-6-13(29-14)11-7-8-28-17(9-11)20(22,23)24/h5-10,15H,2-4H2,1H3,(H,30,33). The summed E-state index contributed by atoms with van der Waals surface area (Å²) >= 11 is 0. The zero-order chi connectivity index (χ0) is 24.0. The molecule has 6 nitrogen and oxygen atoms in total. The van der Waals surface area contributed by atoms with E-state index >= 15 is 0 Å². The summed E-state index contributed by atoms with van der Waals surface area (Å²) in [4.78, 5) is 20.5. The highest BCUT2D eigenvalue weighted by atomic mass is 19.4. The van der Waals surface area contributed by atoms with Crippen molar-refractivity contribution in [3.63, 3.8) is 0 Å². The number of hydrogen-bond donors (Lipinski definition) is 1. The monoisotopic (exact) mass is 469 g/mol. The summed E-state index contributed by atoms with van der Waals surface area (Å²) in [6, 6.07) is 5.73. The minimum Gasteiger partial charge on any atom is -0.344 e. The number of fused-ring (bicyclic) bond motifs is 1. The van der Waals surface area contributed by atoms with Crippen molar-refractivity contribution in [2.45, 2.75) is 37.7 Å². The number of alkyl halides is 6. The fourth-order valence-corrected chi connectivity index (χ4v) is 3.76. The van der Waals surface area contributed by atoms with E-state index in [1.807, 2.05) is 0 Å². The molecular weight excluding hydrogens is 452 g/mol. The van der Waals surface area contributed by atoms with E-state index in [9.17, 15) is 31.1 Å². The van der Waals surface area contributed by atoms with Crippen molar-refractivity contribution in [3.8, 4) is 11.3 Å². The van der Waals surface area contributed by atoms with E-state index in [1.165, 1.54) is 13.1 Å². The molecule has 3 aromatic rings. The van der Waals surface area contributed by atoms with Gasteiger partial charge in [-0.25, -0.2) is 0 Å². The molecule has 0 aromatic carbocycles. The Labute approximate surface area is 183 Å². The molecule has 3 aromatic heterocycles. The molecule has 1 N–H and O–H groups in total. The van der Waals surface area contributed by atoms with Crippen LogP contribution in [0.5, 0.6) is 0 Å². The Hall–Kier alpha value is -3.44. The predicted octanol–water partition coefficient (Wildman–Crippen LogP) is 4.72. The van der Waals surface area contributed by atoms with Gasteiger partial charge in [-0.1, -0.05) is 6.07 Å². The van der Waals surface area contributed by atoms with Gasteiger partial charge in [0.1, 0.15) is 11.4 Å². The maximum atomic E-state index is 13.0. The van der Waals surface area contributed by atoms with E-state index in [2.05, 4.69) is 20.4 Å². The Morgan fingerprint density at radius 1 is 1.06 bits per heavy atom. The number of nitrogens with one attached hydrogen (secondary N) is 1. The highest BCUT2D eigenvalue weighted by molar-refractivity contribution is 5.93. The van der Waals surface area contributed by atoms with Crippen molar-refractivity contribution in [2.75, 3.05) is 0 Å². The lowest BCUT2D eigenvalue weighted by atomic mass is 9.90. The van der Waals surface area contributed by atoms with E-state index in [0.717, 1.165) is 16.9 Å². The van der Waals surface area contributed by atoms with Crippen LogP contribution in [0.25, 0.3) is 11.3 Å². The molecule has 0 spiro atoms. The van der Waals surface area contributed by atoms with Crippen LogP contribution in [0.15, 0.2) is 36.5 Å². The molecule has 0 saturated carbocycles. The van der Waals surface area contributed by atoms with Crippen LogP contribution in [0, 0.1) is 0 Å². The van der Waals surface area contributed by atoms with E-state index in [1.54, 1.807) is 12.1 Å². The van der Waals surface area contributed by atoms with E-state index in [0.29, 0.717) is 42.3 Å². The molecule has 1 amide bonds. The maximum Gasteiger partial charge on any atom is 0.435 e. The number of aryl methyl sites for hydroxylation is 2. The summed E-state index contributed by atoms with van der Waals surface area (Å²) in [7, 11) is 1.25. The number of amides is 1. The summed E-state index contributed by atoms with van der Waals surface area (Å²) in [5.74, 6) is -0.716. The number of hydrogen-bond acceptors (Lipinski definition) is 4. The third-order valence-corrected chi connectivity index (χ3v) is 5.35. The molecule has 1 unspecified atom stereocenters. The van der Waals surface area contributed by atoms with Crippen LogP contribution in [-0.4, -0.2) is 25.7 Å². The van der Waals surface area contributed by atoms with E-state index < -0.39 is 35.7 Å². The minimum absolute atomic E-state index is 0.240. The predicted molar refractivity (Wildman–Crippen MR) is 104 cm³/mol. The molecule has 1 atom stereocenters. The fraction of sp³-hybridized carbons (Fsp3) is 0.333. The SMILES string of the molecule is Cn1nc(C(F)(F)F)cc1C(=O)NC1CCCc2nc(-c3ccnc(C(F)(F)F)c3)ccc21. The van der Waals surface area contributed by atoms with Gasteiger partial charge in [0.2, 0.25) is 0 Å². The quantitative estimate of drug-likeness (QED) is 0.564. The zero-order valence-electron chi connectivity index (χ0n) is 17.1. The number of carbonyl (C=O) groups excluding carboxylic acids is 1. The van der Waals surface area contributed by atoms with Crippen molar-refractivity contribution < 1.29 is 31.1 Å². The van der Waals surface area contributed by atoms with Gasteiger partial charge in [-0.3, -0.25) is 19.4 Å². The molecule has 12 heteroatoms. The maximum absolute atomic E-state index is 13.0. The third-order valence-electron chi connectivity index (χ3n) is 5.35. The first-order valence-electron chi connectivity index (χ1n) is 9.89. The van der Waals surface area contributed by atoms with Gasteiger partial charge in [-0.05, 0) is 43.0 Å². The van der Waals surface area contributed by atoms with Crippen molar-refractivity contribution >= 4 is 5.91 Å². The second-order valence-electron chi connectivity index (χ2n) is 7.61. The van der Waals surface area contributed by atoms with E-state index in [-0.39, 0.29) is 11.3 Å². The topological polar surface area (TPSA) is 72.7 Å². The molecule has 0 aliphatic heterocycles. The molecule has 3 heterocycles. The Kier molecular flexibility index (Phi) is 5.62. The zero-order valence-corrected chi connectivity index (χ0v) is 17.1. The second-order valence-corrected chi connectivity index (χ2v) is 7.61. The van der Waals surface area contributed by atoms with Crippen LogP contribution in [0.3, 0.4) is 0 Å². The number of rotatable bonds is 3. The lowest BCUT2D eigenvalue weighted by Gasteiger charge is -2.26. The van der Waals surface area contributed by atoms with Gasteiger partial charge in [0.15, 0.2) is 5.69 Å². The third kappa shape index (κ3) is 4.69. The van der Waals surface area contributed by atoms with Crippen LogP contribution >= 0.6 is 0 Å². The van der Waals surface area contributed by atoms with Crippen LogP contribution < -0.4 is 5.32 Å². The van der Waals surface area contributed by atoms with Crippen molar-refractivity contribution in [2.24, 2.45) is 7.05 Å². The van der Waals surface area contributed by atoms with Crippen LogP contribution in [0.1, 0.15) is 52.0 Å². The van der Waals surface area contributed by atoms with Gasteiger partial charge in [-0.15, -0.1) is 0 Å². The molecule has 33 heavy (non-hydrogen) atoms. The van der Waals surface area contributed by atoms with E-state index in [4.69, 9.17) is 0 Å². The minimum atomic E-state index is -4.67. The van der Waals surface area contributed by atoms with Crippen LogP contribution in [-0.2, 0) is 25.8 Å². The number of nitrogens with zero attached hydrogens (tertiary/aromatic N) is 4. The fourth-order valence-electron chi connectivity index (χ4n) is 3.76. The normalized spacial score (nSPS) is 16.4. The molecule has 0 saturated heterocycles. The molecule has 0 bridgehead atoms. The summed E-state index contributed by atoms with van der Waals surface area (Å²) in [6.45, 7) is 0. The van der Waals surface area contributed by atoms with Gasteiger partial charge in [-0.2, -0.15) is 31.4 Å². The molecule has 1 aliphatic rings. The van der Waals surface area contributed by atoms with Gasteiger partial charge in [0.25, 0.3) is 5.91 Å². The van der Waals surface area contributed by atoms with Gasteiger partial charge in [0, 0.05) is 30.6 Å². The summed E-state index contributed by atoms with van der Waals surface area (Å²) in [5.41, 5.74) is -0.580. The van der Waals surface area contributed by atoms with Gasteiger partial charge in [0.05, 0.1) is 11.7 Å². The number of aromatic nitrogens is 4. The molecule has 0 radical (unpaired) electrons. The highest BCUT2D eigenvalue weighted by Gasteiger charge is 2.36. The smallest absolute Gasteiger partial charge is 0.344 e. The first kappa shape index (κ1) is 22.7. The van der Waals surface area contributed by atoms with Crippen LogP contribution in [0.4, 0.5) is 26.3 Å². The first-order chi connectivity index (χ1) is 15.4. The summed E-state index contributed by atoms with van der Waals surface area (Å²) in [5, 5.41) is 6.06. The van der Waals surface area contributed by atoms with Crippen molar-refractivity contribution in [1.29, 1.82) is 0 Å². The van der Waals surface area contributed by atoms with Crippen LogP contribution in [0.2, 0.25) is 0 Å². The van der Waals surface area contributed by atoms with Gasteiger partial charge >= 0.3 is 12.4 Å². The lowest BCUT2D eigenvalue weighted by Crippen LogP contribution is -2.32. The molecule has 1 aliphatic carbocycles. The summed E-state index contributed by atoms with van der Waals surface area (Å²) < 4.78 is 78.4. The molecule has 4 rings (SSSR count). The van der Waals surface area contributed by atoms with Gasteiger partial charge < -0.3 is 5.32 Å².